The Morgan fingerprint density at radius 2 is 1.84 bits per heavy atom. The maximum Gasteiger partial charge on any atom is 1.00 e. The van der Waals surface area contributed by atoms with Crippen LogP contribution >= 0.6 is 0 Å². The van der Waals surface area contributed by atoms with Crippen molar-refractivity contribution in [3.63, 3.8) is 0 Å². The molecule has 5 nitrogen and oxygen atoms in total. The number of nitrogens with zero attached hydrogens (tertiary/aromatic N) is 1. The average Bonchev–Trinajstić information content (AvgIpc) is 2.57. The molecular weight excluding hydrogens is 327 g/mol. The van der Waals surface area contributed by atoms with Gasteiger partial charge in [0.1, 0.15) is 5.41 Å². The summed E-state index contributed by atoms with van der Waals surface area (Å²) in [6.45, 7) is 2.00. The summed E-state index contributed by atoms with van der Waals surface area (Å²) in [6, 6.07) is 12.8. The van der Waals surface area contributed by atoms with Crippen LogP contribution in [0.4, 0.5) is 0 Å². The molecule has 1 unspecified atom stereocenters. The molecule has 1 aliphatic rings. The van der Waals surface area contributed by atoms with Crippen molar-refractivity contribution in [2.75, 3.05) is 0 Å². The van der Waals surface area contributed by atoms with Crippen molar-refractivity contribution in [1.82, 2.24) is 5.32 Å². The van der Waals surface area contributed by atoms with Crippen LogP contribution in [-0.2, 0) is 16.0 Å². The number of hydrogen-bond donors (Lipinski definition) is 1. The van der Waals surface area contributed by atoms with E-state index < -0.39 is 23.3 Å². The van der Waals surface area contributed by atoms with Crippen molar-refractivity contribution < 1.29 is 44.3 Å². The van der Waals surface area contributed by atoms with Crippen LogP contribution in [0.3, 0.4) is 0 Å². The van der Waals surface area contributed by atoms with Crippen LogP contribution in [0.2, 0.25) is 0 Å². The molecule has 0 saturated heterocycles. The monoisotopic (exact) mass is 346 g/mol. The number of nitrogens with one attached hydrogen (secondary N) is 1. The van der Waals surface area contributed by atoms with E-state index in [4.69, 9.17) is 0 Å². The Morgan fingerprint density at radius 1 is 1.12 bits per heavy atom. The molecule has 0 radical (unpaired) electrons. The molecule has 3 rings (SSSR count). The van der Waals surface area contributed by atoms with Gasteiger partial charge in [0.2, 0.25) is 5.91 Å². The van der Waals surface area contributed by atoms with E-state index in [1.54, 1.807) is 0 Å². The third-order valence-corrected chi connectivity index (χ3v) is 4.60. The van der Waals surface area contributed by atoms with Crippen LogP contribution in [0.1, 0.15) is 31.7 Å². The van der Waals surface area contributed by atoms with Crippen molar-refractivity contribution in [2.24, 2.45) is 10.4 Å². The molecule has 0 bridgehead atoms. The normalized spacial score (nSPS) is 20.0. The van der Waals surface area contributed by atoms with Crippen LogP contribution in [-0.4, -0.2) is 17.8 Å². The second-order valence-electron chi connectivity index (χ2n) is 6.18. The molecule has 1 heterocycles. The third-order valence-electron chi connectivity index (χ3n) is 4.60. The van der Waals surface area contributed by atoms with Gasteiger partial charge in [0.25, 0.3) is 5.91 Å². The standard InChI is InChI=1S/C19H20N2O3.Na/c1-2-3-11-19(16(22)20-18(24)21-17(19)23)12-14-9-6-8-13-7-4-5-10-15(13)14;/h4-10H,2-3,11-12H2,1H3,(H2,20,21,22,23,24);/q;+1/p-1. The molecule has 0 fully saturated rings. The van der Waals surface area contributed by atoms with Crippen molar-refractivity contribution in [1.29, 1.82) is 0 Å². The van der Waals surface area contributed by atoms with E-state index in [0.717, 1.165) is 22.8 Å². The van der Waals surface area contributed by atoms with Gasteiger partial charge in [-0.15, -0.1) is 0 Å². The first-order valence-electron chi connectivity index (χ1n) is 8.15. The van der Waals surface area contributed by atoms with Gasteiger partial charge >= 0.3 is 29.6 Å². The summed E-state index contributed by atoms with van der Waals surface area (Å²) in [5.41, 5.74) is -0.383. The van der Waals surface area contributed by atoms with E-state index in [2.05, 4.69) is 10.3 Å². The number of fused-ring (bicyclic) bond motifs is 1. The fourth-order valence-corrected chi connectivity index (χ4v) is 3.26. The van der Waals surface area contributed by atoms with Gasteiger partial charge in [0, 0.05) is 0 Å². The summed E-state index contributed by atoms with van der Waals surface area (Å²) < 4.78 is 0. The number of hydrogen-bond acceptors (Lipinski definition) is 3. The molecule has 0 spiro atoms. The van der Waals surface area contributed by atoms with Crippen LogP contribution in [0.5, 0.6) is 0 Å². The van der Waals surface area contributed by atoms with Gasteiger partial charge in [-0.2, -0.15) is 0 Å². The number of carbonyl (C=O) groups is 2. The number of aliphatic imine (C=N–C) groups is 1. The van der Waals surface area contributed by atoms with Crippen LogP contribution in [0, 0.1) is 5.41 Å². The molecule has 2 amide bonds. The van der Waals surface area contributed by atoms with Crippen molar-refractivity contribution in [2.45, 2.75) is 32.6 Å². The topological polar surface area (TPSA) is 81.6 Å². The van der Waals surface area contributed by atoms with E-state index in [9.17, 15) is 14.7 Å². The van der Waals surface area contributed by atoms with Gasteiger partial charge in [0.05, 0.1) is 6.02 Å². The van der Waals surface area contributed by atoms with E-state index in [-0.39, 0.29) is 36.0 Å². The molecule has 1 aliphatic heterocycles. The smallest absolute Gasteiger partial charge is 0.846 e. The Bertz CT molecular complexity index is 829. The first-order valence-corrected chi connectivity index (χ1v) is 8.15. The minimum Gasteiger partial charge on any atom is -0.846 e. The Labute approximate surface area is 168 Å². The maximum atomic E-state index is 12.6. The number of benzene rings is 2. The Kier molecular flexibility index (Phi) is 6.38. The molecular formula is C19H19N2NaO3. The zero-order valence-electron chi connectivity index (χ0n) is 14.5. The first-order chi connectivity index (χ1) is 11.6. The number of carbonyl (C=O) groups excluding carboxylic acids is 2. The predicted molar refractivity (Wildman–Crippen MR) is 90.2 cm³/mol. The molecule has 124 valence electrons. The first kappa shape index (κ1) is 19.6. The molecule has 1 atom stereocenters. The third kappa shape index (κ3) is 3.78. The number of unbranched alkanes of at least 4 members (excludes halogenated alkanes) is 1. The number of rotatable bonds is 5. The minimum atomic E-state index is -1.30. The van der Waals surface area contributed by atoms with E-state index in [1.165, 1.54) is 0 Å². The van der Waals surface area contributed by atoms with Crippen molar-refractivity contribution >= 4 is 28.6 Å². The maximum absolute atomic E-state index is 12.6. The SMILES string of the molecule is CCCCC1(Cc2cccc3ccccc23)C(=O)N=C([O-])NC1=O.[Na+]. The van der Waals surface area contributed by atoms with Gasteiger partial charge in [0.15, 0.2) is 0 Å². The minimum absolute atomic E-state index is 0. The fraction of sp³-hybridized carbons (Fsp3) is 0.316. The molecule has 2 aromatic rings. The molecule has 6 heteroatoms. The summed E-state index contributed by atoms with van der Waals surface area (Å²) in [7, 11) is 0. The van der Waals surface area contributed by atoms with Crippen LogP contribution in [0.25, 0.3) is 10.8 Å². The van der Waals surface area contributed by atoms with Crippen molar-refractivity contribution in [3.8, 4) is 0 Å². The van der Waals surface area contributed by atoms with Gasteiger partial charge in [-0.25, -0.2) is 4.99 Å². The summed E-state index contributed by atoms with van der Waals surface area (Å²) in [4.78, 5) is 28.6. The molecule has 1 N–H and O–H groups in total. The molecule has 0 aromatic heterocycles. The van der Waals surface area contributed by atoms with E-state index >= 15 is 0 Å². The Morgan fingerprint density at radius 3 is 2.56 bits per heavy atom. The Balaban J connectivity index is 0.00000225. The Hall–Kier alpha value is -1.69. The molecule has 0 aliphatic carbocycles. The second-order valence-corrected chi connectivity index (χ2v) is 6.18. The zero-order valence-corrected chi connectivity index (χ0v) is 16.5. The largest absolute Gasteiger partial charge is 1.00 e. The van der Waals surface area contributed by atoms with Gasteiger partial charge in [-0.1, -0.05) is 62.2 Å². The second kappa shape index (κ2) is 8.13. The summed E-state index contributed by atoms with van der Waals surface area (Å²) in [6.07, 6.45) is 2.20. The van der Waals surface area contributed by atoms with Gasteiger partial charge in [-0.3, -0.25) is 9.59 Å². The van der Waals surface area contributed by atoms with E-state index in [1.807, 2.05) is 49.4 Å². The van der Waals surface area contributed by atoms with Crippen LogP contribution < -0.4 is 40.0 Å². The molecule has 0 saturated carbocycles. The molecule has 2 aromatic carbocycles. The summed E-state index contributed by atoms with van der Waals surface area (Å²) >= 11 is 0. The van der Waals surface area contributed by atoms with Gasteiger partial charge in [-0.05, 0) is 29.2 Å². The fourth-order valence-electron chi connectivity index (χ4n) is 3.26. The predicted octanol–water partition coefficient (Wildman–Crippen LogP) is -1.06. The molecule has 25 heavy (non-hydrogen) atoms. The number of amides is 2. The van der Waals surface area contributed by atoms with E-state index in [0.29, 0.717) is 12.8 Å². The van der Waals surface area contributed by atoms with Gasteiger partial charge < -0.3 is 10.4 Å². The quantitative estimate of drug-likeness (QED) is 0.553. The number of amidine groups is 1. The zero-order chi connectivity index (χ0) is 17.2. The van der Waals surface area contributed by atoms with Crippen molar-refractivity contribution in [3.05, 3.63) is 48.0 Å². The summed E-state index contributed by atoms with van der Waals surface area (Å²) in [5.74, 6) is -1.16. The van der Waals surface area contributed by atoms with Crippen LogP contribution in [0.15, 0.2) is 47.5 Å². The summed E-state index contributed by atoms with van der Waals surface area (Å²) in [5, 5.41) is 15.7. The average molecular weight is 346 g/mol.